The minimum Gasteiger partial charge on any atom is -0.493 e. The number of fused-ring (bicyclic) bond motifs is 2. The van der Waals surface area contributed by atoms with Gasteiger partial charge in [-0.25, -0.2) is 9.97 Å². The van der Waals surface area contributed by atoms with Crippen LogP contribution < -0.4 is 0 Å². The monoisotopic (exact) mass is 679 g/mol. The third-order valence-electron chi connectivity index (χ3n) is 9.80. The van der Waals surface area contributed by atoms with Crippen molar-refractivity contribution in [3.05, 3.63) is 145 Å². The third kappa shape index (κ3) is 6.00. The normalized spacial score (nSPS) is 12.1. The average Bonchev–Trinajstić information content (AvgIpc) is 3.54. The lowest BCUT2D eigenvalue weighted by atomic mass is 9.84. The van der Waals surface area contributed by atoms with E-state index < -0.39 is 0 Å². The average molecular weight is 680 g/mol. The number of imidazole rings is 1. The molecule has 0 amide bonds. The van der Waals surface area contributed by atoms with Crippen LogP contribution in [0.2, 0.25) is 0 Å². The van der Waals surface area contributed by atoms with E-state index in [4.69, 9.17) is 9.97 Å². The second-order valence-electron chi connectivity index (χ2n) is 15.5. The summed E-state index contributed by atoms with van der Waals surface area (Å²) < 4.78 is 2.22. The zero-order valence-corrected chi connectivity index (χ0v) is 30.4. The molecule has 4 heterocycles. The molecule has 0 fully saturated rings. The SMILES string of the molecule is CC(C)(C)c1ccc(-n2c(-c3cccc(-c4cc(C(C)(C)C)cc5cccnc45)c3)nc3c(-c4cc(-c5ccccn5)cnc4O)cccc32)cc1. The zero-order valence-electron chi connectivity index (χ0n) is 30.4. The number of pyridine rings is 3. The Labute approximate surface area is 304 Å². The summed E-state index contributed by atoms with van der Waals surface area (Å²) in [5.74, 6) is 0.739. The van der Waals surface area contributed by atoms with E-state index in [2.05, 4.69) is 129 Å². The molecule has 0 atom stereocenters. The van der Waals surface area contributed by atoms with Crippen molar-refractivity contribution >= 4 is 21.9 Å². The number of rotatable bonds is 5. The maximum atomic E-state index is 11.2. The lowest BCUT2D eigenvalue weighted by Crippen LogP contribution is -2.11. The Morgan fingerprint density at radius 3 is 2.04 bits per heavy atom. The predicted molar refractivity (Wildman–Crippen MR) is 213 cm³/mol. The summed E-state index contributed by atoms with van der Waals surface area (Å²) in [5.41, 5.74) is 12.2. The Morgan fingerprint density at radius 2 is 1.29 bits per heavy atom. The van der Waals surface area contributed by atoms with Crippen molar-refractivity contribution in [2.24, 2.45) is 0 Å². The molecule has 0 saturated heterocycles. The molecular formula is C46H41N5O. The molecule has 0 unspecified atom stereocenters. The fourth-order valence-electron chi connectivity index (χ4n) is 6.88. The van der Waals surface area contributed by atoms with Gasteiger partial charge < -0.3 is 5.11 Å². The highest BCUT2D eigenvalue weighted by Crippen LogP contribution is 2.40. The second-order valence-corrected chi connectivity index (χ2v) is 15.5. The number of benzene rings is 4. The summed E-state index contributed by atoms with van der Waals surface area (Å²) >= 11 is 0. The second kappa shape index (κ2) is 12.6. The molecule has 6 nitrogen and oxygen atoms in total. The molecule has 0 saturated carbocycles. The van der Waals surface area contributed by atoms with Gasteiger partial charge in [-0.05, 0) is 88.2 Å². The highest BCUT2D eigenvalue weighted by atomic mass is 16.3. The Bertz CT molecular complexity index is 2590. The van der Waals surface area contributed by atoms with Crippen LogP contribution in [0.1, 0.15) is 52.7 Å². The number of aromatic nitrogens is 5. The van der Waals surface area contributed by atoms with Crippen molar-refractivity contribution in [3.63, 3.8) is 0 Å². The van der Waals surface area contributed by atoms with Crippen molar-refractivity contribution in [2.45, 2.75) is 52.4 Å². The van der Waals surface area contributed by atoms with Crippen LogP contribution in [0, 0.1) is 0 Å². The minimum absolute atomic E-state index is 0.0153. The summed E-state index contributed by atoms with van der Waals surface area (Å²) in [7, 11) is 0. The molecule has 4 aromatic heterocycles. The van der Waals surface area contributed by atoms with Crippen molar-refractivity contribution in [1.82, 2.24) is 24.5 Å². The van der Waals surface area contributed by atoms with Gasteiger partial charge in [0.25, 0.3) is 0 Å². The van der Waals surface area contributed by atoms with Crippen LogP contribution in [0.15, 0.2) is 134 Å². The van der Waals surface area contributed by atoms with E-state index in [0.29, 0.717) is 5.56 Å². The Morgan fingerprint density at radius 1 is 0.538 bits per heavy atom. The Kier molecular flexibility index (Phi) is 7.98. The van der Waals surface area contributed by atoms with Gasteiger partial charge in [0.2, 0.25) is 5.88 Å². The fraction of sp³-hybridized carbons (Fsp3) is 0.174. The smallest absolute Gasteiger partial charge is 0.218 e. The van der Waals surface area contributed by atoms with Crippen molar-refractivity contribution in [3.8, 4) is 56.5 Å². The van der Waals surface area contributed by atoms with E-state index in [1.54, 1.807) is 12.4 Å². The quantitative estimate of drug-likeness (QED) is 0.196. The lowest BCUT2D eigenvalue weighted by molar-refractivity contribution is 0.456. The fourth-order valence-corrected chi connectivity index (χ4v) is 6.88. The molecule has 0 aliphatic rings. The van der Waals surface area contributed by atoms with E-state index in [1.807, 2.05) is 48.7 Å². The molecule has 0 bridgehead atoms. The zero-order chi connectivity index (χ0) is 36.2. The third-order valence-corrected chi connectivity index (χ3v) is 9.80. The molecule has 8 aromatic rings. The first-order valence-electron chi connectivity index (χ1n) is 17.7. The van der Waals surface area contributed by atoms with E-state index >= 15 is 0 Å². The van der Waals surface area contributed by atoms with E-state index in [1.165, 1.54) is 11.1 Å². The Balaban J connectivity index is 1.36. The number of hydrogen-bond donors (Lipinski definition) is 1. The van der Waals surface area contributed by atoms with Gasteiger partial charge in [-0.15, -0.1) is 0 Å². The highest BCUT2D eigenvalue weighted by molar-refractivity contribution is 5.98. The Hall–Kier alpha value is -6.14. The molecule has 4 aromatic carbocycles. The van der Waals surface area contributed by atoms with Crippen LogP contribution in [0.25, 0.3) is 72.5 Å². The van der Waals surface area contributed by atoms with Crippen LogP contribution in [0.5, 0.6) is 5.88 Å². The van der Waals surface area contributed by atoms with Crippen LogP contribution in [0.3, 0.4) is 0 Å². The minimum atomic E-state index is -0.0575. The van der Waals surface area contributed by atoms with E-state index in [-0.39, 0.29) is 16.7 Å². The highest BCUT2D eigenvalue weighted by Gasteiger charge is 2.22. The van der Waals surface area contributed by atoms with Gasteiger partial charge in [0, 0.05) is 57.5 Å². The topological polar surface area (TPSA) is 76.7 Å². The van der Waals surface area contributed by atoms with Crippen LogP contribution >= 0.6 is 0 Å². The van der Waals surface area contributed by atoms with Gasteiger partial charge >= 0.3 is 0 Å². The number of para-hydroxylation sites is 1. The van der Waals surface area contributed by atoms with Gasteiger partial charge in [-0.2, -0.15) is 0 Å². The van der Waals surface area contributed by atoms with Crippen molar-refractivity contribution < 1.29 is 5.11 Å². The molecule has 0 radical (unpaired) electrons. The number of hydrogen-bond acceptors (Lipinski definition) is 5. The summed E-state index contributed by atoms with van der Waals surface area (Å²) in [4.78, 5) is 19.1. The molecule has 256 valence electrons. The maximum Gasteiger partial charge on any atom is 0.218 e. The predicted octanol–water partition coefficient (Wildman–Crippen LogP) is 11.3. The van der Waals surface area contributed by atoms with Crippen molar-refractivity contribution in [1.29, 1.82) is 0 Å². The summed E-state index contributed by atoms with van der Waals surface area (Å²) in [5, 5.41) is 12.3. The first-order chi connectivity index (χ1) is 25.0. The molecular weight excluding hydrogens is 639 g/mol. The summed E-state index contributed by atoms with van der Waals surface area (Å²) in [6.45, 7) is 13.4. The van der Waals surface area contributed by atoms with Gasteiger partial charge in [-0.3, -0.25) is 14.5 Å². The maximum absolute atomic E-state index is 11.2. The lowest BCUT2D eigenvalue weighted by Gasteiger charge is -2.21. The van der Waals surface area contributed by atoms with Crippen molar-refractivity contribution in [2.75, 3.05) is 0 Å². The van der Waals surface area contributed by atoms with Gasteiger partial charge in [0.05, 0.1) is 22.2 Å². The summed E-state index contributed by atoms with van der Waals surface area (Å²) in [6.07, 6.45) is 5.27. The largest absolute Gasteiger partial charge is 0.493 e. The first kappa shape index (κ1) is 33.0. The van der Waals surface area contributed by atoms with Crippen LogP contribution in [-0.2, 0) is 10.8 Å². The molecule has 0 aliphatic heterocycles. The molecule has 1 N–H and O–H groups in total. The number of nitrogens with zero attached hydrogens (tertiary/aromatic N) is 5. The van der Waals surface area contributed by atoms with Gasteiger partial charge in [-0.1, -0.05) is 96.1 Å². The first-order valence-corrected chi connectivity index (χ1v) is 17.7. The van der Waals surface area contributed by atoms with Gasteiger partial charge in [0.15, 0.2) is 0 Å². The molecule has 52 heavy (non-hydrogen) atoms. The van der Waals surface area contributed by atoms with Gasteiger partial charge in [0.1, 0.15) is 5.82 Å². The molecule has 6 heteroatoms. The van der Waals surface area contributed by atoms with E-state index in [9.17, 15) is 5.11 Å². The van der Waals surface area contributed by atoms with Crippen LogP contribution in [-0.4, -0.2) is 29.6 Å². The van der Waals surface area contributed by atoms with Crippen LogP contribution in [0.4, 0.5) is 0 Å². The molecule has 0 aliphatic carbocycles. The standard InChI is InChI=1S/C46H41N5O/c1-45(2,3)33-18-20-35(21-19-33)51-40-17-10-15-36(38-26-32(28-49-44(38)52)39-16-7-8-22-47-39)42(40)50-43(51)31-13-9-12-29(24-31)37-27-34(46(4,5)6)25-30-14-11-23-48-41(30)37/h7-28H,1-6H3,(H,49,52). The van der Waals surface area contributed by atoms with E-state index in [0.717, 1.165) is 67.0 Å². The summed E-state index contributed by atoms with van der Waals surface area (Å²) in [6, 6.07) is 39.8. The molecule has 8 rings (SSSR count). The molecule has 0 spiro atoms. The number of aromatic hydroxyl groups is 1.